The highest BCUT2D eigenvalue weighted by Crippen LogP contribution is 2.38. The second-order valence-corrected chi connectivity index (χ2v) is 6.42. The monoisotopic (exact) mass is 347 g/mol. The summed E-state index contributed by atoms with van der Waals surface area (Å²) in [5.74, 6) is 1.14. The van der Waals surface area contributed by atoms with Gasteiger partial charge in [0.05, 0.1) is 24.1 Å². The van der Waals surface area contributed by atoms with Crippen molar-refractivity contribution in [3.05, 3.63) is 40.9 Å². The van der Waals surface area contributed by atoms with Gasteiger partial charge >= 0.3 is 0 Å². The molecule has 0 aromatic carbocycles. The summed E-state index contributed by atoms with van der Waals surface area (Å²) in [5.41, 5.74) is 2.89. The smallest absolute Gasteiger partial charge is 0.241 e. The van der Waals surface area contributed by atoms with Gasteiger partial charge in [-0.25, -0.2) is 0 Å². The van der Waals surface area contributed by atoms with Gasteiger partial charge in [-0.2, -0.15) is 10.1 Å². The maximum atomic E-state index is 6.45. The van der Waals surface area contributed by atoms with Crippen molar-refractivity contribution in [2.24, 2.45) is 7.05 Å². The lowest BCUT2D eigenvalue weighted by Crippen LogP contribution is -2.23. The van der Waals surface area contributed by atoms with Crippen molar-refractivity contribution in [3.8, 4) is 11.4 Å². The molecule has 1 aliphatic heterocycles. The molecule has 0 unspecified atom stereocenters. The predicted octanol–water partition coefficient (Wildman–Crippen LogP) is 3.36. The van der Waals surface area contributed by atoms with Crippen molar-refractivity contribution >= 4 is 11.6 Å². The number of likely N-dealkylation sites (tertiary alicyclic amines) is 1. The summed E-state index contributed by atoms with van der Waals surface area (Å²) in [5, 5.41) is 9.16. The van der Waals surface area contributed by atoms with Crippen LogP contribution in [-0.4, -0.2) is 31.4 Å². The van der Waals surface area contributed by atoms with E-state index in [1.165, 1.54) is 0 Å². The molecule has 0 bridgehead atoms. The number of hydrogen-bond donors (Lipinski definition) is 0. The fourth-order valence-corrected chi connectivity index (χ4v) is 3.67. The van der Waals surface area contributed by atoms with Crippen molar-refractivity contribution in [1.29, 1.82) is 0 Å². The molecule has 8 heteroatoms. The van der Waals surface area contributed by atoms with Crippen molar-refractivity contribution in [3.63, 3.8) is 0 Å². The molecule has 126 valence electrons. The standard InChI is InChI=1S/C16H18ClN5O2/c1-10-14(15(17)21(2)19-10)12-4-3-6-22(12)8-13-18-16(20-24-13)11-5-7-23-9-11/h5,7,9,12H,3-4,6,8H2,1-2H3/t12-/m0/s1. The Morgan fingerprint density at radius 3 is 3.00 bits per heavy atom. The zero-order valence-corrected chi connectivity index (χ0v) is 14.3. The van der Waals surface area contributed by atoms with Gasteiger partial charge in [-0.3, -0.25) is 9.58 Å². The molecule has 3 aromatic heterocycles. The number of rotatable bonds is 4. The van der Waals surface area contributed by atoms with Gasteiger partial charge in [0.25, 0.3) is 0 Å². The van der Waals surface area contributed by atoms with Crippen LogP contribution in [-0.2, 0) is 13.6 Å². The zero-order valence-electron chi connectivity index (χ0n) is 13.6. The molecular weight excluding hydrogens is 330 g/mol. The fraction of sp³-hybridized carbons (Fsp3) is 0.438. The Kier molecular flexibility index (Phi) is 3.90. The Labute approximate surface area is 144 Å². The van der Waals surface area contributed by atoms with Gasteiger partial charge in [0.1, 0.15) is 11.4 Å². The van der Waals surface area contributed by atoms with Crippen LogP contribution in [0.25, 0.3) is 11.4 Å². The molecule has 0 N–H and O–H groups in total. The topological polar surface area (TPSA) is 73.1 Å². The molecule has 1 atom stereocenters. The Bertz CT molecular complexity index is 839. The first-order valence-corrected chi connectivity index (χ1v) is 8.29. The first kappa shape index (κ1) is 15.4. The van der Waals surface area contributed by atoms with Gasteiger partial charge in [-0.15, -0.1) is 0 Å². The summed E-state index contributed by atoms with van der Waals surface area (Å²) in [7, 11) is 1.87. The minimum absolute atomic E-state index is 0.232. The quantitative estimate of drug-likeness (QED) is 0.720. The lowest BCUT2D eigenvalue weighted by Gasteiger charge is -2.22. The first-order valence-electron chi connectivity index (χ1n) is 7.91. The molecule has 0 radical (unpaired) electrons. The Morgan fingerprint density at radius 2 is 2.29 bits per heavy atom. The summed E-state index contributed by atoms with van der Waals surface area (Å²) < 4.78 is 12.2. The lowest BCUT2D eigenvalue weighted by atomic mass is 10.1. The van der Waals surface area contributed by atoms with Crippen LogP contribution in [0.1, 0.15) is 36.0 Å². The van der Waals surface area contributed by atoms with E-state index in [0.29, 0.717) is 23.4 Å². The molecule has 1 fully saturated rings. The molecule has 0 saturated carbocycles. The van der Waals surface area contributed by atoms with Crippen LogP contribution in [0.4, 0.5) is 0 Å². The van der Waals surface area contributed by atoms with E-state index in [-0.39, 0.29) is 6.04 Å². The third-order valence-corrected chi connectivity index (χ3v) is 4.93. The average Bonchev–Trinajstić information content (AvgIpc) is 3.30. The van der Waals surface area contributed by atoms with E-state index >= 15 is 0 Å². The van der Waals surface area contributed by atoms with Gasteiger partial charge in [-0.05, 0) is 32.4 Å². The molecule has 24 heavy (non-hydrogen) atoms. The van der Waals surface area contributed by atoms with Crippen LogP contribution in [0.5, 0.6) is 0 Å². The average molecular weight is 348 g/mol. The summed E-state index contributed by atoms with van der Waals surface area (Å²) in [6, 6.07) is 2.04. The van der Waals surface area contributed by atoms with E-state index < -0.39 is 0 Å². The molecule has 0 amide bonds. The van der Waals surface area contributed by atoms with E-state index in [1.54, 1.807) is 17.2 Å². The largest absolute Gasteiger partial charge is 0.472 e. The molecule has 1 saturated heterocycles. The van der Waals surface area contributed by atoms with Crippen molar-refractivity contribution in [2.45, 2.75) is 32.4 Å². The van der Waals surface area contributed by atoms with Gasteiger partial charge in [0, 0.05) is 18.7 Å². The number of hydrogen-bond acceptors (Lipinski definition) is 6. The summed E-state index contributed by atoms with van der Waals surface area (Å²) >= 11 is 6.45. The highest BCUT2D eigenvalue weighted by molar-refractivity contribution is 6.30. The van der Waals surface area contributed by atoms with Gasteiger partial charge in [0.2, 0.25) is 11.7 Å². The Balaban J connectivity index is 1.56. The lowest BCUT2D eigenvalue weighted by molar-refractivity contribution is 0.212. The van der Waals surface area contributed by atoms with E-state index in [0.717, 1.165) is 36.2 Å². The SMILES string of the molecule is Cc1nn(C)c(Cl)c1[C@@H]1CCCN1Cc1nc(-c2ccoc2)no1. The van der Waals surface area contributed by atoms with Crippen molar-refractivity contribution < 1.29 is 8.94 Å². The van der Waals surface area contributed by atoms with Crippen LogP contribution >= 0.6 is 11.6 Å². The zero-order chi connectivity index (χ0) is 16.7. The maximum Gasteiger partial charge on any atom is 0.241 e. The fourth-order valence-electron chi connectivity index (χ4n) is 3.37. The third kappa shape index (κ3) is 2.63. The molecule has 7 nitrogen and oxygen atoms in total. The molecule has 4 heterocycles. The van der Waals surface area contributed by atoms with Crippen LogP contribution < -0.4 is 0 Å². The Hall–Kier alpha value is -2.12. The van der Waals surface area contributed by atoms with Crippen molar-refractivity contribution in [2.75, 3.05) is 6.54 Å². The molecular formula is C16H18ClN5O2. The number of aryl methyl sites for hydroxylation is 2. The van der Waals surface area contributed by atoms with E-state index in [4.69, 9.17) is 20.5 Å². The second kappa shape index (κ2) is 6.07. The molecule has 0 spiro atoms. The van der Waals surface area contributed by atoms with E-state index in [1.807, 2.05) is 20.0 Å². The number of furan rings is 1. The highest BCUT2D eigenvalue weighted by Gasteiger charge is 2.32. The first-order chi connectivity index (χ1) is 11.6. The normalized spacial score (nSPS) is 18.5. The minimum Gasteiger partial charge on any atom is -0.472 e. The van der Waals surface area contributed by atoms with Crippen LogP contribution in [0, 0.1) is 6.92 Å². The van der Waals surface area contributed by atoms with Crippen LogP contribution in [0.3, 0.4) is 0 Å². The molecule has 0 aliphatic carbocycles. The Morgan fingerprint density at radius 1 is 1.42 bits per heavy atom. The highest BCUT2D eigenvalue weighted by atomic mass is 35.5. The van der Waals surface area contributed by atoms with Crippen molar-refractivity contribution in [1.82, 2.24) is 24.8 Å². The number of halogens is 1. The second-order valence-electron chi connectivity index (χ2n) is 6.07. The van der Waals surface area contributed by atoms with Gasteiger partial charge < -0.3 is 8.94 Å². The number of aromatic nitrogens is 4. The summed E-state index contributed by atoms with van der Waals surface area (Å²) in [6.45, 7) is 3.57. The van der Waals surface area contributed by atoms with Gasteiger partial charge in [-0.1, -0.05) is 16.8 Å². The molecule has 3 aromatic rings. The third-order valence-electron chi connectivity index (χ3n) is 4.48. The summed E-state index contributed by atoms with van der Waals surface area (Å²) in [4.78, 5) is 6.78. The maximum absolute atomic E-state index is 6.45. The summed E-state index contributed by atoms with van der Waals surface area (Å²) in [6.07, 6.45) is 5.36. The molecule has 4 rings (SSSR count). The van der Waals surface area contributed by atoms with Crippen LogP contribution in [0.2, 0.25) is 5.15 Å². The van der Waals surface area contributed by atoms with E-state index in [2.05, 4.69) is 20.1 Å². The van der Waals surface area contributed by atoms with Gasteiger partial charge in [0.15, 0.2) is 0 Å². The predicted molar refractivity (Wildman–Crippen MR) is 87.3 cm³/mol. The number of nitrogens with zero attached hydrogens (tertiary/aromatic N) is 5. The van der Waals surface area contributed by atoms with Crippen LogP contribution in [0.15, 0.2) is 27.5 Å². The molecule has 1 aliphatic rings. The minimum atomic E-state index is 0.232. The van der Waals surface area contributed by atoms with E-state index in [9.17, 15) is 0 Å².